The number of nitrogens with two attached hydrogens (primary N) is 1. The van der Waals surface area contributed by atoms with E-state index in [0.717, 1.165) is 0 Å². The number of hydrogen-bond donors (Lipinski definition) is 2. The third kappa shape index (κ3) is 5.99. The Labute approximate surface area is 124 Å². The highest BCUT2D eigenvalue weighted by Crippen LogP contribution is 2.18. The molecule has 5 nitrogen and oxygen atoms in total. The van der Waals surface area contributed by atoms with E-state index < -0.39 is 5.60 Å². The Morgan fingerprint density at radius 1 is 1.35 bits per heavy atom. The number of thiocarbonyl (C=S) groups is 1. The molecule has 20 heavy (non-hydrogen) atoms. The minimum absolute atomic E-state index is 0.103. The van der Waals surface area contributed by atoms with Crippen LogP contribution >= 0.6 is 12.2 Å². The number of benzene rings is 1. The first-order valence-electron chi connectivity index (χ1n) is 6.18. The van der Waals surface area contributed by atoms with Crippen LogP contribution < -0.4 is 15.8 Å². The van der Waals surface area contributed by atoms with Crippen molar-refractivity contribution in [1.29, 1.82) is 0 Å². The molecule has 0 aliphatic carbocycles. The summed E-state index contributed by atoms with van der Waals surface area (Å²) in [4.78, 5) is 12.1. The molecular weight excluding hydrogens is 276 g/mol. The van der Waals surface area contributed by atoms with Crippen molar-refractivity contribution < 1.29 is 14.3 Å². The van der Waals surface area contributed by atoms with Crippen molar-refractivity contribution in [2.45, 2.75) is 25.9 Å². The van der Waals surface area contributed by atoms with Gasteiger partial charge in [-0.15, -0.1) is 0 Å². The van der Waals surface area contributed by atoms with E-state index >= 15 is 0 Å². The van der Waals surface area contributed by atoms with Crippen LogP contribution in [0.5, 0.6) is 5.75 Å². The zero-order valence-corrected chi connectivity index (χ0v) is 12.8. The van der Waals surface area contributed by atoms with Crippen LogP contribution in [0, 0.1) is 0 Å². The van der Waals surface area contributed by atoms with Gasteiger partial charge in [-0.05, 0) is 38.1 Å². The molecule has 0 aliphatic heterocycles. The summed E-state index contributed by atoms with van der Waals surface area (Å²) in [6.07, 6.45) is 0.281. The largest absolute Gasteiger partial charge is 0.487 e. The number of anilines is 1. The van der Waals surface area contributed by atoms with Gasteiger partial charge < -0.3 is 20.5 Å². The van der Waals surface area contributed by atoms with Gasteiger partial charge in [0, 0.05) is 12.8 Å². The van der Waals surface area contributed by atoms with Crippen molar-refractivity contribution in [3.63, 3.8) is 0 Å². The van der Waals surface area contributed by atoms with Gasteiger partial charge in [-0.3, -0.25) is 4.79 Å². The minimum atomic E-state index is -0.482. The van der Waals surface area contributed by atoms with Gasteiger partial charge in [0.2, 0.25) is 5.91 Å². The maximum Gasteiger partial charge on any atom is 0.227 e. The predicted octanol–water partition coefficient (Wildman–Crippen LogP) is 2.11. The molecule has 110 valence electrons. The van der Waals surface area contributed by atoms with Crippen LogP contribution in [0.1, 0.15) is 20.3 Å². The van der Waals surface area contributed by atoms with Crippen molar-refractivity contribution in [1.82, 2.24) is 0 Å². The van der Waals surface area contributed by atoms with E-state index in [4.69, 9.17) is 27.4 Å². The first kappa shape index (κ1) is 16.4. The molecule has 0 aliphatic rings. The number of amides is 1. The molecule has 6 heteroatoms. The van der Waals surface area contributed by atoms with Crippen molar-refractivity contribution in [2.75, 3.05) is 19.0 Å². The summed E-state index contributed by atoms with van der Waals surface area (Å²) in [7, 11) is 1.58. The Bertz CT molecular complexity index is 472. The van der Waals surface area contributed by atoms with Crippen LogP contribution in [-0.2, 0) is 9.53 Å². The normalized spacial score (nSPS) is 10.9. The molecule has 1 aromatic rings. The van der Waals surface area contributed by atoms with Gasteiger partial charge >= 0.3 is 0 Å². The van der Waals surface area contributed by atoms with E-state index in [1.807, 2.05) is 13.8 Å². The molecule has 3 N–H and O–H groups in total. The van der Waals surface area contributed by atoms with Crippen molar-refractivity contribution in [2.24, 2.45) is 5.73 Å². The lowest BCUT2D eigenvalue weighted by Crippen LogP contribution is -2.29. The van der Waals surface area contributed by atoms with Gasteiger partial charge in [0.25, 0.3) is 0 Å². The van der Waals surface area contributed by atoms with Crippen LogP contribution in [0.15, 0.2) is 24.3 Å². The summed E-state index contributed by atoms with van der Waals surface area (Å²) in [6.45, 7) is 3.92. The standard InChI is InChI=1S/C14H20N2O3S/c1-14(2,18-3)8-13(17)16-10-4-6-11(7-5-10)19-9-12(15)20/h4-7H,8-9H2,1-3H3,(H2,15,20)(H,16,17). The summed E-state index contributed by atoms with van der Waals surface area (Å²) in [5, 5.41) is 2.80. The molecule has 0 saturated heterocycles. The molecule has 0 aromatic heterocycles. The second-order valence-corrected chi connectivity index (χ2v) is 5.49. The zero-order valence-electron chi connectivity index (χ0n) is 11.9. The van der Waals surface area contributed by atoms with Gasteiger partial charge in [-0.2, -0.15) is 0 Å². The maximum atomic E-state index is 11.8. The summed E-state index contributed by atoms with van der Waals surface area (Å²) in [6, 6.07) is 7.00. The molecule has 0 atom stereocenters. The second-order valence-electron chi connectivity index (χ2n) is 4.97. The quantitative estimate of drug-likeness (QED) is 0.754. The average molecular weight is 296 g/mol. The fraction of sp³-hybridized carbons (Fsp3) is 0.429. The van der Waals surface area contributed by atoms with Crippen molar-refractivity contribution in [3.05, 3.63) is 24.3 Å². The Morgan fingerprint density at radius 3 is 2.45 bits per heavy atom. The van der Waals surface area contributed by atoms with Crippen molar-refractivity contribution >= 4 is 28.8 Å². The van der Waals surface area contributed by atoms with Gasteiger partial charge in [-0.25, -0.2) is 0 Å². The predicted molar refractivity (Wildman–Crippen MR) is 83.1 cm³/mol. The number of nitrogens with one attached hydrogen (secondary N) is 1. The molecule has 0 unspecified atom stereocenters. The molecule has 1 amide bonds. The highest BCUT2D eigenvalue weighted by Gasteiger charge is 2.20. The molecule has 0 radical (unpaired) electrons. The lowest BCUT2D eigenvalue weighted by Gasteiger charge is -2.21. The van der Waals surface area contributed by atoms with Crippen LogP contribution in [0.4, 0.5) is 5.69 Å². The van der Waals surface area contributed by atoms with Gasteiger partial charge in [-0.1, -0.05) is 12.2 Å². The number of methoxy groups -OCH3 is 1. The molecule has 1 rings (SSSR count). The summed E-state index contributed by atoms with van der Waals surface area (Å²) < 4.78 is 10.5. The fourth-order valence-electron chi connectivity index (χ4n) is 1.45. The van der Waals surface area contributed by atoms with E-state index in [1.54, 1.807) is 31.4 Å². The monoisotopic (exact) mass is 296 g/mol. The second kappa shape index (κ2) is 7.21. The van der Waals surface area contributed by atoms with Crippen LogP contribution in [0.3, 0.4) is 0 Å². The Balaban J connectivity index is 2.53. The summed E-state index contributed by atoms with van der Waals surface area (Å²) >= 11 is 4.72. The average Bonchev–Trinajstić information content (AvgIpc) is 2.37. The van der Waals surface area contributed by atoms with Crippen LogP contribution in [0.25, 0.3) is 0 Å². The third-order valence-corrected chi connectivity index (χ3v) is 2.78. The lowest BCUT2D eigenvalue weighted by atomic mass is 10.0. The number of carbonyl (C=O) groups excluding carboxylic acids is 1. The molecule has 0 fully saturated rings. The zero-order chi connectivity index (χ0) is 15.2. The Morgan fingerprint density at radius 2 is 1.95 bits per heavy atom. The lowest BCUT2D eigenvalue weighted by molar-refractivity contribution is -0.121. The van der Waals surface area contributed by atoms with Crippen LogP contribution in [0.2, 0.25) is 0 Å². The molecule has 0 saturated carbocycles. The minimum Gasteiger partial charge on any atom is -0.487 e. The van der Waals surface area contributed by atoms with E-state index in [2.05, 4.69) is 5.32 Å². The fourth-order valence-corrected chi connectivity index (χ4v) is 1.51. The van der Waals surface area contributed by atoms with E-state index in [0.29, 0.717) is 16.4 Å². The SMILES string of the molecule is COC(C)(C)CC(=O)Nc1ccc(OCC(N)=S)cc1. The Kier molecular flexibility index (Phi) is 5.91. The topological polar surface area (TPSA) is 73.6 Å². The van der Waals surface area contributed by atoms with E-state index in [-0.39, 0.29) is 18.9 Å². The highest BCUT2D eigenvalue weighted by molar-refractivity contribution is 7.80. The van der Waals surface area contributed by atoms with E-state index in [9.17, 15) is 4.79 Å². The highest BCUT2D eigenvalue weighted by atomic mass is 32.1. The summed E-state index contributed by atoms with van der Waals surface area (Å²) in [5.74, 6) is 0.543. The van der Waals surface area contributed by atoms with Gasteiger partial charge in [0.1, 0.15) is 17.3 Å². The molecule has 0 heterocycles. The number of hydrogen-bond acceptors (Lipinski definition) is 4. The van der Waals surface area contributed by atoms with Crippen molar-refractivity contribution in [3.8, 4) is 5.75 Å². The van der Waals surface area contributed by atoms with Crippen LogP contribution in [-0.4, -0.2) is 30.2 Å². The number of rotatable bonds is 7. The van der Waals surface area contributed by atoms with E-state index in [1.165, 1.54) is 0 Å². The first-order valence-corrected chi connectivity index (χ1v) is 6.59. The van der Waals surface area contributed by atoms with Gasteiger partial charge in [0.05, 0.1) is 12.0 Å². The molecule has 0 spiro atoms. The molecule has 0 bridgehead atoms. The smallest absolute Gasteiger partial charge is 0.227 e. The first-order chi connectivity index (χ1) is 9.32. The maximum absolute atomic E-state index is 11.8. The number of ether oxygens (including phenoxy) is 2. The third-order valence-electron chi connectivity index (χ3n) is 2.66. The Hall–Kier alpha value is -1.66. The summed E-state index contributed by atoms with van der Waals surface area (Å²) in [5.41, 5.74) is 5.56. The van der Waals surface area contributed by atoms with Gasteiger partial charge in [0.15, 0.2) is 0 Å². The number of carbonyl (C=O) groups is 1. The molecular formula is C14H20N2O3S. The molecule has 1 aromatic carbocycles.